The molecule has 0 aliphatic carbocycles. The van der Waals surface area contributed by atoms with Gasteiger partial charge in [-0.05, 0) is 30.5 Å². The molecule has 0 unspecified atom stereocenters. The van der Waals surface area contributed by atoms with E-state index in [1.54, 1.807) is 4.90 Å². The van der Waals surface area contributed by atoms with Crippen LogP contribution in [0.15, 0.2) is 24.3 Å². The van der Waals surface area contributed by atoms with Crippen LogP contribution in [0.1, 0.15) is 18.9 Å². The van der Waals surface area contributed by atoms with Crippen LogP contribution in [0, 0.1) is 0 Å². The molecule has 2 heterocycles. The molecule has 3 rings (SSSR count). The highest BCUT2D eigenvalue weighted by molar-refractivity contribution is 7.91. The van der Waals surface area contributed by atoms with Gasteiger partial charge >= 0.3 is 0 Å². The number of carbonyl (C=O) groups is 1. The van der Waals surface area contributed by atoms with Crippen molar-refractivity contribution in [3.05, 3.63) is 29.8 Å². The van der Waals surface area contributed by atoms with Gasteiger partial charge in [0.2, 0.25) is 0 Å². The predicted octanol–water partition coefficient (Wildman–Crippen LogP) is 0.959. The van der Waals surface area contributed by atoms with E-state index >= 15 is 0 Å². The Hall–Kier alpha value is -1.60. The molecule has 1 aromatic carbocycles. The molecule has 0 N–H and O–H groups in total. The van der Waals surface area contributed by atoms with Gasteiger partial charge in [-0.2, -0.15) is 0 Å². The Morgan fingerprint density at radius 3 is 2.40 bits per heavy atom. The fraction of sp³-hybridized carbons (Fsp3) is 0.611. The minimum atomic E-state index is -2.86. The Morgan fingerprint density at radius 2 is 1.84 bits per heavy atom. The Kier molecular flexibility index (Phi) is 5.64. The zero-order chi connectivity index (χ0) is 17.9. The van der Waals surface area contributed by atoms with Crippen molar-refractivity contribution in [3.8, 4) is 5.75 Å². The first-order valence-electron chi connectivity index (χ1n) is 8.91. The number of ether oxygens (including phenoxy) is 1. The molecule has 25 heavy (non-hydrogen) atoms. The zero-order valence-corrected chi connectivity index (χ0v) is 15.5. The van der Waals surface area contributed by atoms with Crippen LogP contribution in [0.3, 0.4) is 0 Å². The number of piperazine rings is 1. The van der Waals surface area contributed by atoms with Crippen LogP contribution in [-0.2, 0) is 21.1 Å². The molecule has 2 saturated heterocycles. The molecule has 2 aliphatic heterocycles. The topological polar surface area (TPSA) is 66.9 Å². The van der Waals surface area contributed by atoms with E-state index < -0.39 is 9.84 Å². The largest absolute Gasteiger partial charge is 0.484 e. The molecule has 0 radical (unpaired) electrons. The monoisotopic (exact) mass is 366 g/mol. The van der Waals surface area contributed by atoms with Crippen LogP contribution in [0.4, 0.5) is 0 Å². The van der Waals surface area contributed by atoms with Crippen molar-refractivity contribution in [2.45, 2.75) is 25.8 Å². The number of hydrogen-bond donors (Lipinski definition) is 0. The third kappa shape index (κ3) is 4.73. The molecule has 2 aliphatic rings. The van der Waals surface area contributed by atoms with E-state index in [9.17, 15) is 13.2 Å². The van der Waals surface area contributed by atoms with Gasteiger partial charge in [-0.1, -0.05) is 19.1 Å². The maximum atomic E-state index is 12.3. The van der Waals surface area contributed by atoms with E-state index in [0.717, 1.165) is 19.5 Å². The number of nitrogens with zero attached hydrogens (tertiary/aromatic N) is 2. The number of benzene rings is 1. The summed E-state index contributed by atoms with van der Waals surface area (Å²) in [5.41, 5.74) is 1.24. The van der Waals surface area contributed by atoms with Gasteiger partial charge in [0.05, 0.1) is 11.5 Å². The lowest BCUT2D eigenvalue weighted by molar-refractivity contribution is -0.135. The minimum absolute atomic E-state index is 0.0155. The number of amides is 1. The van der Waals surface area contributed by atoms with Gasteiger partial charge in [-0.3, -0.25) is 9.69 Å². The van der Waals surface area contributed by atoms with E-state index in [1.165, 1.54) is 5.56 Å². The van der Waals surface area contributed by atoms with Crippen LogP contribution >= 0.6 is 0 Å². The number of hydrogen-bond acceptors (Lipinski definition) is 5. The summed E-state index contributed by atoms with van der Waals surface area (Å²) >= 11 is 0. The Bertz CT molecular complexity index is 694. The van der Waals surface area contributed by atoms with Crippen molar-refractivity contribution in [2.75, 3.05) is 44.3 Å². The average Bonchev–Trinajstić information content (AvgIpc) is 3.00. The van der Waals surface area contributed by atoms with Crippen molar-refractivity contribution in [1.82, 2.24) is 9.80 Å². The van der Waals surface area contributed by atoms with E-state index in [0.29, 0.717) is 31.0 Å². The maximum Gasteiger partial charge on any atom is 0.260 e. The lowest BCUT2D eigenvalue weighted by atomic mass is 10.2. The normalized spacial score (nSPS) is 23.6. The highest BCUT2D eigenvalue weighted by atomic mass is 32.2. The summed E-state index contributed by atoms with van der Waals surface area (Å²) in [5.74, 6) is 1.25. The summed E-state index contributed by atoms with van der Waals surface area (Å²) in [6.45, 7) is 4.87. The predicted molar refractivity (Wildman–Crippen MR) is 96.5 cm³/mol. The van der Waals surface area contributed by atoms with Crippen molar-refractivity contribution in [2.24, 2.45) is 0 Å². The Morgan fingerprint density at radius 1 is 1.16 bits per heavy atom. The van der Waals surface area contributed by atoms with Crippen LogP contribution in [0.5, 0.6) is 5.75 Å². The summed E-state index contributed by atoms with van der Waals surface area (Å²) in [4.78, 5) is 16.3. The fourth-order valence-electron chi connectivity index (χ4n) is 3.46. The van der Waals surface area contributed by atoms with Crippen LogP contribution in [-0.4, -0.2) is 74.5 Å². The fourth-order valence-corrected chi connectivity index (χ4v) is 5.22. The van der Waals surface area contributed by atoms with Gasteiger partial charge in [-0.25, -0.2) is 8.42 Å². The highest BCUT2D eigenvalue weighted by Crippen LogP contribution is 2.19. The second kappa shape index (κ2) is 7.74. The van der Waals surface area contributed by atoms with E-state index in [2.05, 4.69) is 11.8 Å². The molecule has 7 heteroatoms. The number of carbonyl (C=O) groups excluding carboxylic acids is 1. The zero-order valence-electron chi connectivity index (χ0n) is 14.7. The van der Waals surface area contributed by atoms with Crippen molar-refractivity contribution in [1.29, 1.82) is 0 Å². The van der Waals surface area contributed by atoms with Crippen molar-refractivity contribution < 1.29 is 17.9 Å². The maximum absolute atomic E-state index is 12.3. The third-order valence-corrected chi connectivity index (χ3v) is 6.84. The molecule has 2 fully saturated rings. The van der Waals surface area contributed by atoms with Crippen molar-refractivity contribution >= 4 is 15.7 Å². The summed E-state index contributed by atoms with van der Waals surface area (Å²) in [5, 5.41) is 0. The molecule has 138 valence electrons. The van der Waals surface area contributed by atoms with Gasteiger partial charge in [0.25, 0.3) is 5.91 Å². The van der Waals surface area contributed by atoms with E-state index in [4.69, 9.17) is 4.74 Å². The first-order chi connectivity index (χ1) is 12.0. The van der Waals surface area contributed by atoms with Crippen LogP contribution < -0.4 is 4.74 Å². The Balaban J connectivity index is 1.43. The smallest absolute Gasteiger partial charge is 0.260 e. The second-order valence-electron chi connectivity index (χ2n) is 6.76. The molecule has 1 aromatic rings. The van der Waals surface area contributed by atoms with Crippen LogP contribution in [0.25, 0.3) is 0 Å². The molecular formula is C18H26N2O4S. The highest BCUT2D eigenvalue weighted by Gasteiger charge is 2.34. The first-order valence-corrected chi connectivity index (χ1v) is 10.7. The summed E-state index contributed by atoms with van der Waals surface area (Å²) in [7, 11) is -2.86. The lowest BCUT2D eigenvalue weighted by Crippen LogP contribution is -2.53. The number of aryl methyl sites for hydroxylation is 1. The molecule has 0 bridgehead atoms. The molecule has 6 nitrogen and oxygen atoms in total. The number of sulfone groups is 1. The van der Waals surface area contributed by atoms with Gasteiger partial charge in [0.1, 0.15) is 5.75 Å². The Labute approximate surface area is 149 Å². The molecule has 0 spiro atoms. The first kappa shape index (κ1) is 18.2. The summed E-state index contributed by atoms with van der Waals surface area (Å²) in [6, 6.07) is 7.92. The minimum Gasteiger partial charge on any atom is -0.484 e. The molecule has 1 atom stereocenters. The quantitative estimate of drug-likeness (QED) is 0.777. The molecular weight excluding hydrogens is 340 g/mol. The van der Waals surface area contributed by atoms with Gasteiger partial charge in [-0.15, -0.1) is 0 Å². The number of rotatable bonds is 5. The molecule has 0 aromatic heterocycles. The average molecular weight is 366 g/mol. The summed E-state index contributed by atoms with van der Waals surface area (Å²) < 4.78 is 28.8. The molecule has 0 saturated carbocycles. The van der Waals surface area contributed by atoms with Crippen molar-refractivity contribution in [3.63, 3.8) is 0 Å². The lowest BCUT2D eigenvalue weighted by Gasteiger charge is -2.37. The van der Waals surface area contributed by atoms with Gasteiger partial charge < -0.3 is 9.64 Å². The standard InChI is InChI=1S/C18H26N2O4S/c1-2-15-3-5-17(6-4-15)24-13-18(21)20-10-8-19(9-11-20)16-7-12-25(22,23)14-16/h3-6,16H,2,7-14H2,1H3/t16-/m0/s1. The second-order valence-corrected chi connectivity index (χ2v) is 8.99. The van der Waals surface area contributed by atoms with E-state index in [-0.39, 0.29) is 24.3 Å². The van der Waals surface area contributed by atoms with Gasteiger partial charge in [0.15, 0.2) is 16.4 Å². The summed E-state index contributed by atoms with van der Waals surface area (Å²) in [6.07, 6.45) is 1.69. The SMILES string of the molecule is CCc1ccc(OCC(=O)N2CCN([C@H]3CCS(=O)(=O)C3)CC2)cc1. The van der Waals surface area contributed by atoms with Crippen LogP contribution in [0.2, 0.25) is 0 Å². The molecule has 1 amide bonds. The van der Waals surface area contributed by atoms with Gasteiger partial charge in [0, 0.05) is 32.2 Å². The van der Waals surface area contributed by atoms with E-state index in [1.807, 2.05) is 24.3 Å². The third-order valence-electron chi connectivity index (χ3n) is 5.09.